The molecule has 1 rings (SSSR count). The van der Waals surface area contributed by atoms with E-state index in [-0.39, 0.29) is 0 Å². The van der Waals surface area contributed by atoms with Crippen LogP contribution in [0.4, 0.5) is 10.5 Å². The van der Waals surface area contributed by atoms with Gasteiger partial charge in [0.05, 0.1) is 19.0 Å². The van der Waals surface area contributed by atoms with Crippen LogP contribution in [0.1, 0.15) is 6.92 Å². The highest BCUT2D eigenvalue weighted by molar-refractivity contribution is 5.89. The molecule has 6 nitrogen and oxygen atoms in total. The maximum absolute atomic E-state index is 11.1. The van der Waals surface area contributed by atoms with Gasteiger partial charge in [-0.3, -0.25) is 0 Å². The quantitative estimate of drug-likeness (QED) is 0.637. The molecule has 15 heavy (non-hydrogen) atoms. The lowest BCUT2D eigenvalue weighted by atomic mass is 10.4. The van der Waals surface area contributed by atoms with Gasteiger partial charge in [0.15, 0.2) is 0 Å². The number of nitrogens with zero attached hydrogens (tertiary/aromatic N) is 1. The van der Waals surface area contributed by atoms with Gasteiger partial charge in [-0.25, -0.2) is 9.78 Å². The first-order valence-electron chi connectivity index (χ1n) is 4.37. The Morgan fingerprint density at radius 2 is 2.33 bits per heavy atom. The van der Waals surface area contributed by atoms with Crippen LogP contribution < -0.4 is 15.4 Å². The average Bonchev–Trinajstić information content (AvgIpc) is 2.17. The second-order valence-electron chi connectivity index (χ2n) is 2.86. The molecule has 0 saturated carbocycles. The number of anilines is 1. The molecule has 0 bridgehead atoms. The Labute approximate surface area is 87.3 Å². The number of ether oxygens (including phenoxy) is 1. The molecule has 0 aliphatic heterocycles. The first-order valence-corrected chi connectivity index (χ1v) is 4.37. The van der Waals surface area contributed by atoms with Crippen molar-refractivity contribution in [3.8, 4) is 5.88 Å². The summed E-state index contributed by atoms with van der Waals surface area (Å²) >= 11 is 0. The standard InChI is InChI=1S/C9H13N3O3/c1-6(13)11-9(14)12-7-3-4-8(15-2)10-5-7/h3-6,13H,1-2H3,(H2,11,12,14). The minimum Gasteiger partial charge on any atom is -0.481 e. The van der Waals surface area contributed by atoms with Crippen molar-refractivity contribution in [3.05, 3.63) is 18.3 Å². The zero-order chi connectivity index (χ0) is 11.3. The summed E-state index contributed by atoms with van der Waals surface area (Å²) in [5, 5.41) is 13.6. The van der Waals surface area contributed by atoms with Crippen molar-refractivity contribution < 1.29 is 14.6 Å². The molecular formula is C9H13N3O3. The topological polar surface area (TPSA) is 83.5 Å². The SMILES string of the molecule is COc1ccc(NC(=O)NC(C)O)cn1. The molecule has 3 N–H and O–H groups in total. The van der Waals surface area contributed by atoms with Gasteiger partial charge in [0, 0.05) is 6.07 Å². The van der Waals surface area contributed by atoms with Gasteiger partial charge < -0.3 is 20.5 Å². The number of carbonyl (C=O) groups excluding carboxylic acids is 1. The van der Waals surface area contributed by atoms with E-state index in [2.05, 4.69) is 15.6 Å². The molecule has 0 aliphatic rings. The van der Waals surface area contributed by atoms with Crippen LogP contribution in [-0.2, 0) is 0 Å². The van der Waals surface area contributed by atoms with Gasteiger partial charge in [0.2, 0.25) is 5.88 Å². The molecule has 1 aromatic heterocycles. The van der Waals surface area contributed by atoms with Gasteiger partial charge in [0.25, 0.3) is 0 Å². The first kappa shape index (κ1) is 11.3. The van der Waals surface area contributed by atoms with Gasteiger partial charge in [-0.05, 0) is 13.0 Å². The molecule has 0 radical (unpaired) electrons. The van der Waals surface area contributed by atoms with E-state index in [4.69, 9.17) is 9.84 Å². The molecule has 1 aromatic rings. The molecule has 1 atom stereocenters. The summed E-state index contributed by atoms with van der Waals surface area (Å²) in [6, 6.07) is 2.78. The number of aromatic nitrogens is 1. The fourth-order valence-corrected chi connectivity index (χ4v) is 0.932. The maximum atomic E-state index is 11.1. The van der Waals surface area contributed by atoms with Gasteiger partial charge >= 0.3 is 6.03 Å². The van der Waals surface area contributed by atoms with Crippen LogP contribution in [-0.4, -0.2) is 29.5 Å². The minimum absolute atomic E-state index is 0.469. The molecule has 1 unspecified atom stereocenters. The zero-order valence-electron chi connectivity index (χ0n) is 8.52. The highest BCUT2D eigenvalue weighted by atomic mass is 16.5. The molecular weight excluding hydrogens is 198 g/mol. The Morgan fingerprint density at radius 3 is 2.80 bits per heavy atom. The number of aliphatic hydroxyl groups is 1. The Hall–Kier alpha value is -1.82. The van der Waals surface area contributed by atoms with E-state index in [1.54, 1.807) is 12.1 Å². The van der Waals surface area contributed by atoms with E-state index in [0.29, 0.717) is 11.6 Å². The van der Waals surface area contributed by atoms with Crippen LogP contribution in [0, 0.1) is 0 Å². The Balaban J connectivity index is 2.53. The molecule has 2 amide bonds. The molecule has 0 fully saturated rings. The van der Waals surface area contributed by atoms with Crippen molar-refractivity contribution in [3.63, 3.8) is 0 Å². The van der Waals surface area contributed by atoms with Crippen LogP contribution in [0.2, 0.25) is 0 Å². The van der Waals surface area contributed by atoms with Crippen molar-refractivity contribution in [2.24, 2.45) is 0 Å². The number of hydrogen-bond donors (Lipinski definition) is 3. The lowest BCUT2D eigenvalue weighted by Crippen LogP contribution is -2.35. The van der Waals surface area contributed by atoms with Crippen molar-refractivity contribution in [1.82, 2.24) is 10.3 Å². The smallest absolute Gasteiger partial charge is 0.321 e. The number of rotatable bonds is 3. The minimum atomic E-state index is -0.892. The van der Waals surface area contributed by atoms with Crippen LogP contribution in [0.3, 0.4) is 0 Å². The molecule has 0 spiro atoms. The van der Waals surface area contributed by atoms with E-state index >= 15 is 0 Å². The van der Waals surface area contributed by atoms with E-state index in [9.17, 15) is 4.79 Å². The van der Waals surface area contributed by atoms with Crippen molar-refractivity contribution in [1.29, 1.82) is 0 Å². The largest absolute Gasteiger partial charge is 0.481 e. The summed E-state index contributed by atoms with van der Waals surface area (Å²) in [6.45, 7) is 1.45. The number of carbonyl (C=O) groups is 1. The van der Waals surface area contributed by atoms with Gasteiger partial charge in [-0.15, -0.1) is 0 Å². The monoisotopic (exact) mass is 211 g/mol. The second-order valence-corrected chi connectivity index (χ2v) is 2.86. The molecule has 1 heterocycles. The lowest BCUT2D eigenvalue weighted by molar-refractivity contribution is 0.162. The third-order valence-corrected chi connectivity index (χ3v) is 1.54. The van der Waals surface area contributed by atoms with E-state index in [1.807, 2.05) is 0 Å². The Bertz CT molecular complexity index is 324. The van der Waals surface area contributed by atoms with Crippen molar-refractivity contribution in [2.45, 2.75) is 13.2 Å². The third kappa shape index (κ3) is 3.82. The van der Waals surface area contributed by atoms with Crippen LogP contribution in [0.5, 0.6) is 5.88 Å². The summed E-state index contributed by atoms with van der Waals surface area (Å²) in [5.74, 6) is 0.469. The van der Waals surface area contributed by atoms with E-state index in [1.165, 1.54) is 20.2 Å². The lowest BCUT2D eigenvalue weighted by Gasteiger charge is -2.09. The number of methoxy groups -OCH3 is 1. The summed E-state index contributed by atoms with van der Waals surface area (Å²) in [4.78, 5) is 15.0. The third-order valence-electron chi connectivity index (χ3n) is 1.54. The van der Waals surface area contributed by atoms with Crippen LogP contribution in [0.15, 0.2) is 18.3 Å². The van der Waals surface area contributed by atoms with Gasteiger partial charge in [0.1, 0.15) is 6.23 Å². The summed E-state index contributed by atoms with van der Waals surface area (Å²) in [5.41, 5.74) is 0.522. The van der Waals surface area contributed by atoms with Crippen LogP contribution >= 0.6 is 0 Å². The maximum Gasteiger partial charge on any atom is 0.321 e. The number of amides is 2. The highest BCUT2D eigenvalue weighted by Crippen LogP contribution is 2.10. The first-order chi connectivity index (χ1) is 7.11. The van der Waals surface area contributed by atoms with E-state index < -0.39 is 12.3 Å². The molecule has 0 aliphatic carbocycles. The number of hydrogen-bond acceptors (Lipinski definition) is 4. The molecule has 6 heteroatoms. The van der Waals surface area contributed by atoms with Gasteiger partial charge in [-0.1, -0.05) is 0 Å². The van der Waals surface area contributed by atoms with Crippen LogP contribution in [0.25, 0.3) is 0 Å². The van der Waals surface area contributed by atoms with Gasteiger partial charge in [-0.2, -0.15) is 0 Å². The summed E-state index contributed by atoms with van der Waals surface area (Å²) in [6.07, 6.45) is 0.566. The predicted molar refractivity (Wildman–Crippen MR) is 54.6 cm³/mol. The normalized spacial score (nSPS) is 11.7. The zero-order valence-corrected chi connectivity index (χ0v) is 8.52. The summed E-state index contributed by atoms with van der Waals surface area (Å²) < 4.78 is 4.86. The second kappa shape index (κ2) is 5.16. The molecule has 0 saturated heterocycles. The fourth-order valence-electron chi connectivity index (χ4n) is 0.932. The Kier molecular flexibility index (Phi) is 3.87. The molecule has 0 aromatic carbocycles. The van der Waals surface area contributed by atoms with Crippen molar-refractivity contribution in [2.75, 3.05) is 12.4 Å². The van der Waals surface area contributed by atoms with E-state index in [0.717, 1.165) is 0 Å². The number of nitrogens with one attached hydrogen (secondary N) is 2. The number of aliphatic hydroxyl groups excluding tert-OH is 1. The summed E-state index contributed by atoms with van der Waals surface area (Å²) in [7, 11) is 1.51. The fraction of sp³-hybridized carbons (Fsp3) is 0.333. The molecule has 82 valence electrons. The number of urea groups is 1. The predicted octanol–water partition coefficient (Wildman–Crippen LogP) is 0.550. The van der Waals surface area contributed by atoms with Crippen molar-refractivity contribution >= 4 is 11.7 Å². The Morgan fingerprint density at radius 1 is 1.60 bits per heavy atom. The average molecular weight is 211 g/mol. The highest BCUT2D eigenvalue weighted by Gasteiger charge is 2.04. The number of pyridine rings is 1.